The van der Waals surface area contributed by atoms with Crippen molar-refractivity contribution in [1.29, 1.82) is 0 Å². The maximum atomic E-state index is 5.67. The van der Waals surface area contributed by atoms with Gasteiger partial charge >= 0.3 is 0 Å². The molecule has 1 rings (SSSR count). The molecular weight excluding hydrogens is 302 g/mol. The van der Waals surface area contributed by atoms with E-state index in [0.717, 1.165) is 30.7 Å². The first kappa shape index (κ1) is 18.4. The van der Waals surface area contributed by atoms with E-state index in [0.29, 0.717) is 0 Å². The predicted octanol–water partition coefficient (Wildman–Crippen LogP) is 0.250. The van der Waals surface area contributed by atoms with Crippen LogP contribution in [-0.2, 0) is 11.3 Å². The maximum absolute atomic E-state index is 5.67. The summed E-state index contributed by atoms with van der Waals surface area (Å²) < 4.78 is 6.68. The van der Waals surface area contributed by atoms with Gasteiger partial charge < -0.3 is 26.2 Å². The summed E-state index contributed by atoms with van der Waals surface area (Å²) in [5.74, 6) is 0. The zero-order valence-electron chi connectivity index (χ0n) is 12.1. The number of hydrogen-bond acceptors (Lipinski definition) is 1. The first-order chi connectivity index (χ1) is 8.64. The van der Waals surface area contributed by atoms with Crippen LogP contribution >= 0.6 is 0 Å². The van der Waals surface area contributed by atoms with Gasteiger partial charge in [0, 0.05) is 6.61 Å². The van der Waals surface area contributed by atoms with Gasteiger partial charge in [-0.05, 0) is 24.5 Å². The number of hydrogen-bond donors (Lipinski definition) is 0. The minimum Gasteiger partial charge on any atom is -1.00 e. The second-order valence-electron chi connectivity index (χ2n) is 5.38. The summed E-state index contributed by atoms with van der Waals surface area (Å²) in [5.41, 5.74) is 1.25. The lowest BCUT2D eigenvalue weighted by molar-refractivity contribution is -0.884. The third-order valence-electron chi connectivity index (χ3n) is 3.04. The summed E-state index contributed by atoms with van der Waals surface area (Å²) in [6.45, 7) is 7.59. The monoisotopic (exact) mass is 327 g/mol. The molecule has 0 atom stereocenters. The minimum absolute atomic E-state index is 0. The molecule has 1 aromatic rings. The highest BCUT2D eigenvalue weighted by molar-refractivity contribution is 5.13. The van der Waals surface area contributed by atoms with Crippen molar-refractivity contribution in [2.24, 2.45) is 0 Å². The van der Waals surface area contributed by atoms with Crippen LogP contribution in [0.2, 0.25) is 0 Å². The highest BCUT2D eigenvalue weighted by Gasteiger charge is 2.11. The topological polar surface area (TPSA) is 9.23 Å². The van der Waals surface area contributed by atoms with Crippen molar-refractivity contribution in [2.75, 3.05) is 33.8 Å². The van der Waals surface area contributed by atoms with Gasteiger partial charge in [0.25, 0.3) is 0 Å². The van der Waals surface area contributed by atoms with Gasteiger partial charge in [-0.15, -0.1) is 0 Å². The number of benzene rings is 1. The van der Waals surface area contributed by atoms with Gasteiger partial charge in [0.05, 0.1) is 33.8 Å². The molecule has 19 heavy (non-hydrogen) atoms. The van der Waals surface area contributed by atoms with E-state index in [4.69, 9.17) is 4.74 Å². The van der Waals surface area contributed by atoms with Gasteiger partial charge in [-0.3, -0.25) is 0 Å². The van der Waals surface area contributed by atoms with Crippen LogP contribution in [0.3, 0.4) is 0 Å². The summed E-state index contributed by atoms with van der Waals surface area (Å²) in [6.07, 6.45) is 4.33. The Morgan fingerprint density at radius 1 is 1.16 bits per heavy atom. The molecule has 0 unspecified atom stereocenters. The zero-order chi connectivity index (χ0) is 13.3. The van der Waals surface area contributed by atoms with Gasteiger partial charge in [-0.25, -0.2) is 0 Å². The van der Waals surface area contributed by atoms with Crippen molar-refractivity contribution in [3.8, 4) is 0 Å². The Morgan fingerprint density at radius 2 is 1.84 bits per heavy atom. The van der Waals surface area contributed by atoms with E-state index in [1.807, 2.05) is 24.3 Å². The van der Waals surface area contributed by atoms with Crippen molar-refractivity contribution in [2.45, 2.75) is 19.4 Å². The Bertz CT molecular complexity index is 338. The number of halogens is 1. The zero-order valence-corrected chi connectivity index (χ0v) is 13.7. The molecule has 0 saturated heterocycles. The van der Waals surface area contributed by atoms with Crippen molar-refractivity contribution >= 4 is 0 Å². The molecule has 0 bridgehead atoms. The van der Waals surface area contributed by atoms with E-state index in [9.17, 15) is 0 Å². The van der Waals surface area contributed by atoms with E-state index in [1.165, 1.54) is 18.5 Å². The van der Waals surface area contributed by atoms with Crippen LogP contribution in [0, 0.1) is 0 Å². The van der Waals surface area contributed by atoms with Gasteiger partial charge in [-0.1, -0.05) is 36.9 Å². The van der Waals surface area contributed by atoms with Crippen LogP contribution in [-0.4, -0.2) is 38.3 Å². The van der Waals surface area contributed by atoms with E-state index in [-0.39, 0.29) is 17.0 Å². The Balaban J connectivity index is 0.00000324. The van der Waals surface area contributed by atoms with Crippen molar-refractivity contribution < 1.29 is 26.2 Å². The Kier molecular flexibility index (Phi) is 9.84. The highest BCUT2D eigenvalue weighted by Crippen LogP contribution is 2.04. The lowest BCUT2D eigenvalue weighted by atomic mass is 10.2. The SMILES string of the molecule is C=CC[N+](C)(C)CCCCOCc1ccccc1.[Br-]. The number of nitrogens with zero attached hydrogens (tertiary/aromatic N) is 1. The average molecular weight is 328 g/mol. The number of likely N-dealkylation sites (N-methyl/N-ethyl adjacent to an activating group) is 1. The van der Waals surface area contributed by atoms with Crippen LogP contribution in [0.4, 0.5) is 0 Å². The molecule has 0 heterocycles. The van der Waals surface area contributed by atoms with Crippen molar-refractivity contribution in [1.82, 2.24) is 0 Å². The first-order valence-electron chi connectivity index (χ1n) is 6.68. The third-order valence-corrected chi connectivity index (χ3v) is 3.04. The molecule has 0 N–H and O–H groups in total. The van der Waals surface area contributed by atoms with E-state index < -0.39 is 0 Å². The minimum atomic E-state index is 0. The van der Waals surface area contributed by atoms with Crippen LogP contribution in [0.15, 0.2) is 43.0 Å². The molecule has 1 aromatic carbocycles. The molecule has 2 nitrogen and oxygen atoms in total. The highest BCUT2D eigenvalue weighted by atomic mass is 79.9. The van der Waals surface area contributed by atoms with Crippen LogP contribution in [0.25, 0.3) is 0 Å². The smallest absolute Gasteiger partial charge is 0.0966 e. The third kappa shape index (κ3) is 8.98. The average Bonchev–Trinajstić information content (AvgIpc) is 2.35. The fraction of sp³-hybridized carbons (Fsp3) is 0.500. The Morgan fingerprint density at radius 3 is 2.47 bits per heavy atom. The summed E-state index contributed by atoms with van der Waals surface area (Å²) in [5, 5.41) is 0. The van der Waals surface area contributed by atoms with E-state index >= 15 is 0 Å². The standard InChI is InChI=1S/C16H26NO.BrH/c1-4-12-17(2,3)13-8-9-14-18-15-16-10-6-5-7-11-16;/h4-7,10-11H,1,8-9,12-15H2,2-3H3;1H/q+1;/p-1. The normalized spacial score (nSPS) is 10.8. The molecular formula is C16H26BrNO. The summed E-state index contributed by atoms with van der Waals surface area (Å²) in [6, 6.07) is 10.3. The van der Waals surface area contributed by atoms with Crippen LogP contribution in [0.5, 0.6) is 0 Å². The number of rotatable bonds is 9. The summed E-state index contributed by atoms with van der Waals surface area (Å²) in [4.78, 5) is 0. The van der Waals surface area contributed by atoms with Crippen LogP contribution in [0.1, 0.15) is 18.4 Å². The fourth-order valence-electron chi connectivity index (χ4n) is 1.95. The van der Waals surface area contributed by atoms with Gasteiger partial charge in [-0.2, -0.15) is 0 Å². The van der Waals surface area contributed by atoms with Crippen molar-refractivity contribution in [3.05, 3.63) is 48.6 Å². The lowest BCUT2D eigenvalue weighted by Crippen LogP contribution is -3.00. The molecule has 0 aliphatic heterocycles. The molecule has 0 spiro atoms. The molecule has 3 heteroatoms. The second-order valence-corrected chi connectivity index (χ2v) is 5.38. The van der Waals surface area contributed by atoms with Crippen LogP contribution < -0.4 is 17.0 Å². The summed E-state index contributed by atoms with van der Waals surface area (Å²) >= 11 is 0. The van der Waals surface area contributed by atoms with Gasteiger partial charge in [0.1, 0.15) is 0 Å². The Labute approximate surface area is 128 Å². The number of quaternary nitrogens is 1. The number of ether oxygens (including phenoxy) is 1. The molecule has 0 aliphatic rings. The van der Waals surface area contributed by atoms with Crippen molar-refractivity contribution in [3.63, 3.8) is 0 Å². The maximum Gasteiger partial charge on any atom is 0.0966 e. The predicted molar refractivity (Wildman–Crippen MR) is 77.4 cm³/mol. The van der Waals surface area contributed by atoms with E-state index in [2.05, 4.69) is 32.8 Å². The lowest BCUT2D eigenvalue weighted by Gasteiger charge is -2.28. The summed E-state index contributed by atoms with van der Waals surface area (Å²) in [7, 11) is 4.49. The fourth-order valence-corrected chi connectivity index (χ4v) is 1.95. The molecule has 0 radical (unpaired) electrons. The van der Waals surface area contributed by atoms with Gasteiger partial charge in [0.15, 0.2) is 0 Å². The molecule has 0 aromatic heterocycles. The second kappa shape index (κ2) is 10.2. The quantitative estimate of drug-likeness (QED) is 0.359. The van der Waals surface area contributed by atoms with E-state index in [1.54, 1.807) is 0 Å². The van der Waals surface area contributed by atoms with Gasteiger partial charge in [0.2, 0.25) is 0 Å². The molecule has 0 amide bonds. The Hall–Kier alpha value is -0.640. The first-order valence-corrected chi connectivity index (χ1v) is 6.68. The molecule has 0 aliphatic carbocycles. The molecule has 0 saturated carbocycles. The largest absolute Gasteiger partial charge is 1.00 e. The number of unbranched alkanes of at least 4 members (excludes halogenated alkanes) is 1. The molecule has 0 fully saturated rings. The molecule has 108 valence electrons.